The molecule has 3 rings (SSSR count). The predicted molar refractivity (Wildman–Crippen MR) is 110 cm³/mol. The Labute approximate surface area is 165 Å². The van der Waals surface area contributed by atoms with Crippen LogP contribution in [0.3, 0.4) is 0 Å². The first-order chi connectivity index (χ1) is 13.7. The molecule has 0 atom stereocenters. The average molecular weight is 379 g/mol. The van der Waals surface area contributed by atoms with Gasteiger partial charge in [0.25, 0.3) is 0 Å². The molecule has 28 heavy (non-hydrogen) atoms. The third kappa shape index (κ3) is 5.01. The summed E-state index contributed by atoms with van der Waals surface area (Å²) in [6, 6.07) is 9.38. The first kappa shape index (κ1) is 19.7. The number of anilines is 1. The monoisotopic (exact) mass is 379 g/mol. The highest BCUT2D eigenvalue weighted by Gasteiger charge is 2.25. The van der Waals surface area contributed by atoms with E-state index in [1.165, 1.54) is 12.5 Å². The van der Waals surface area contributed by atoms with E-state index in [9.17, 15) is 4.79 Å². The summed E-state index contributed by atoms with van der Waals surface area (Å²) < 4.78 is 5.70. The summed E-state index contributed by atoms with van der Waals surface area (Å²) in [4.78, 5) is 23.3. The Bertz CT molecular complexity index is 831. The topological polar surface area (TPSA) is 91.2 Å². The van der Waals surface area contributed by atoms with Crippen LogP contribution in [0.1, 0.15) is 12.8 Å². The number of hydrogen-bond acceptors (Lipinski definition) is 6. The van der Waals surface area contributed by atoms with Crippen molar-refractivity contribution >= 4 is 17.9 Å². The molecule has 1 aromatic heterocycles. The van der Waals surface area contributed by atoms with E-state index in [4.69, 9.17) is 10.1 Å². The molecule has 2 N–H and O–H groups in total. The lowest BCUT2D eigenvalue weighted by Crippen LogP contribution is -2.38. The molecular formula is C21H25N5O2. The number of carbonyl (C=O) groups excluding carboxylic acids is 1. The van der Waals surface area contributed by atoms with Gasteiger partial charge in [0.05, 0.1) is 5.69 Å². The molecule has 0 radical (unpaired) electrons. The van der Waals surface area contributed by atoms with Crippen LogP contribution in [-0.4, -0.2) is 53.2 Å². The van der Waals surface area contributed by atoms with E-state index in [-0.39, 0.29) is 11.8 Å². The minimum absolute atomic E-state index is 0.0182. The summed E-state index contributed by atoms with van der Waals surface area (Å²) in [6.45, 7) is 6.39. The fourth-order valence-electron chi connectivity index (χ4n) is 3.26. The van der Waals surface area contributed by atoms with Crippen LogP contribution in [0.15, 0.2) is 49.3 Å². The Morgan fingerprint density at radius 2 is 2.11 bits per heavy atom. The summed E-state index contributed by atoms with van der Waals surface area (Å²) in [7, 11) is 0. The molecule has 0 spiro atoms. The van der Waals surface area contributed by atoms with E-state index in [0.717, 1.165) is 31.5 Å². The Kier molecular flexibility index (Phi) is 6.86. The van der Waals surface area contributed by atoms with Crippen LogP contribution in [0.4, 0.5) is 5.82 Å². The van der Waals surface area contributed by atoms with Crippen LogP contribution >= 0.6 is 0 Å². The second kappa shape index (κ2) is 9.75. The zero-order valence-corrected chi connectivity index (χ0v) is 15.8. The summed E-state index contributed by atoms with van der Waals surface area (Å²) >= 11 is 0. The van der Waals surface area contributed by atoms with E-state index in [2.05, 4.69) is 26.8 Å². The molecule has 0 unspecified atom stereocenters. The minimum atomic E-state index is -0.0383. The minimum Gasteiger partial charge on any atom is -0.489 e. The highest BCUT2D eigenvalue weighted by Crippen LogP contribution is 2.29. The number of ether oxygens (including phenoxy) is 1. The van der Waals surface area contributed by atoms with Gasteiger partial charge in [-0.1, -0.05) is 24.8 Å². The molecule has 1 aliphatic rings. The van der Waals surface area contributed by atoms with Crippen molar-refractivity contribution in [3.05, 3.63) is 49.3 Å². The number of amides is 1. The number of piperidine rings is 1. The number of para-hydroxylation sites is 1. The van der Waals surface area contributed by atoms with Gasteiger partial charge in [-0.15, -0.1) is 0 Å². The molecule has 2 aromatic rings. The molecule has 1 saturated heterocycles. The van der Waals surface area contributed by atoms with Crippen molar-refractivity contribution in [1.82, 2.24) is 14.9 Å². The predicted octanol–water partition coefficient (Wildman–Crippen LogP) is 3.01. The van der Waals surface area contributed by atoms with Gasteiger partial charge >= 0.3 is 0 Å². The maximum absolute atomic E-state index is 12.6. The quantitative estimate of drug-likeness (QED) is 0.543. The summed E-state index contributed by atoms with van der Waals surface area (Å²) in [5.74, 6) is 1.13. The molecule has 7 nitrogen and oxygen atoms in total. The first-order valence-electron chi connectivity index (χ1n) is 9.38. The van der Waals surface area contributed by atoms with Crippen molar-refractivity contribution in [1.29, 1.82) is 5.41 Å². The third-order valence-electron chi connectivity index (χ3n) is 4.75. The first-order valence-corrected chi connectivity index (χ1v) is 9.38. The molecule has 146 valence electrons. The number of rotatable bonds is 8. The molecular weight excluding hydrogens is 354 g/mol. The van der Waals surface area contributed by atoms with Crippen molar-refractivity contribution in [3.8, 4) is 17.0 Å². The van der Waals surface area contributed by atoms with Crippen molar-refractivity contribution < 1.29 is 9.53 Å². The number of likely N-dealkylation sites (tertiary alicyclic amines) is 1. The van der Waals surface area contributed by atoms with Crippen molar-refractivity contribution in [3.63, 3.8) is 0 Å². The molecule has 1 aliphatic heterocycles. The molecule has 0 aliphatic carbocycles. The average Bonchev–Trinajstić information content (AvgIpc) is 2.73. The highest BCUT2D eigenvalue weighted by molar-refractivity contribution is 5.92. The fourth-order valence-corrected chi connectivity index (χ4v) is 3.26. The van der Waals surface area contributed by atoms with Crippen LogP contribution in [0.2, 0.25) is 0 Å². The highest BCUT2D eigenvalue weighted by atomic mass is 16.5. The second-order valence-electron chi connectivity index (χ2n) is 6.65. The van der Waals surface area contributed by atoms with Gasteiger partial charge in [-0.05, 0) is 38.1 Å². The number of aromatic nitrogens is 2. The Morgan fingerprint density at radius 3 is 2.86 bits per heavy atom. The Balaban J connectivity index is 1.68. The van der Waals surface area contributed by atoms with Crippen molar-refractivity contribution in [2.24, 2.45) is 5.92 Å². The van der Waals surface area contributed by atoms with Crippen molar-refractivity contribution in [2.75, 3.05) is 31.6 Å². The van der Waals surface area contributed by atoms with Crippen LogP contribution < -0.4 is 10.1 Å². The SMILES string of the molecule is C=CCOc1ccccc1-c1cc(NC(=O)C2CCN(CC=N)CC2)ncn1. The summed E-state index contributed by atoms with van der Waals surface area (Å²) in [5, 5.41) is 10.1. The van der Waals surface area contributed by atoms with Crippen LogP contribution in [0, 0.1) is 11.3 Å². The van der Waals surface area contributed by atoms with Gasteiger partial charge in [-0.3, -0.25) is 9.69 Å². The van der Waals surface area contributed by atoms with E-state index in [1.54, 1.807) is 12.1 Å². The molecule has 1 aromatic carbocycles. The molecule has 7 heteroatoms. The maximum Gasteiger partial charge on any atom is 0.228 e. The van der Waals surface area contributed by atoms with Crippen LogP contribution in [0.5, 0.6) is 5.75 Å². The van der Waals surface area contributed by atoms with Crippen LogP contribution in [-0.2, 0) is 4.79 Å². The molecule has 0 bridgehead atoms. The zero-order chi connectivity index (χ0) is 19.8. The molecule has 2 heterocycles. The zero-order valence-electron chi connectivity index (χ0n) is 15.8. The lowest BCUT2D eigenvalue weighted by Gasteiger charge is -2.29. The summed E-state index contributed by atoms with van der Waals surface area (Å²) in [5.41, 5.74) is 1.52. The van der Waals surface area contributed by atoms with Crippen LogP contribution in [0.25, 0.3) is 11.3 Å². The van der Waals surface area contributed by atoms with Gasteiger partial charge in [-0.25, -0.2) is 9.97 Å². The smallest absolute Gasteiger partial charge is 0.228 e. The number of nitrogens with zero attached hydrogens (tertiary/aromatic N) is 3. The lowest BCUT2D eigenvalue weighted by molar-refractivity contribution is -0.121. The third-order valence-corrected chi connectivity index (χ3v) is 4.75. The number of benzene rings is 1. The molecule has 1 fully saturated rings. The number of carbonyl (C=O) groups is 1. The lowest BCUT2D eigenvalue weighted by atomic mass is 9.96. The normalized spacial score (nSPS) is 15.0. The van der Waals surface area contributed by atoms with Gasteiger partial charge in [0, 0.05) is 30.3 Å². The largest absolute Gasteiger partial charge is 0.489 e. The second-order valence-corrected chi connectivity index (χ2v) is 6.65. The summed E-state index contributed by atoms with van der Waals surface area (Å²) in [6.07, 6.45) is 6.11. The Morgan fingerprint density at radius 1 is 1.32 bits per heavy atom. The van der Waals surface area contributed by atoms with E-state index in [0.29, 0.717) is 30.4 Å². The fraction of sp³-hybridized carbons (Fsp3) is 0.333. The van der Waals surface area contributed by atoms with Gasteiger partial charge in [0.1, 0.15) is 24.5 Å². The number of hydrogen-bond donors (Lipinski definition) is 2. The van der Waals surface area contributed by atoms with E-state index in [1.807, 2.05) is 24.3 Å². The number of nitrogens with one attached hydrogen (secondary N) is 2. The molecule has 0 saturated carbocycles. The van der Waals surface area contributed by atoms with Gasteiger partial charge < -0.3 is 15.5 Å². The Hall–Kier alpha value is -3.06. The van der Waals surface area contributed by atoms with E-state index >= 15 is 0 Å². The van der Waals surface area contributed by atoms with Gasteiger partial charge in [0.2, 0.25) is 5.91 Å². The van der Waals surface area contributed by atoms with Crippen molar-refractivity contribution in [2.45, 2.75) is 12.8 Å². The van der Waals surface area contributed by atoms with Gasteiger partial charge in [0.15, 0.2) is 0 Å². The standard InChI is InChI=1S/C21H25N5O2/c1-2-13-28-19-6-4-3-5-17(19)18-14-20(24-15-23-18)25-21(27)16-7-10-26(11-8-16)12-9-22/h2-6,9,14-16,22H,1,7-8,10-13H2,(H,23,24,25,27). The molecule has 1 amide bonds. The maximum atomic E-state index is 12.6. The van der Waals surface area contributed by atoms with E-state index < -0.39 is 0 Å². The van der Waals surface area contributed by atoms with Gasteiger partial charge in [-0.2, -0.15) is 0 Å².